The van der Waals surface area contributed by atoms with E-state index in [0.717, 1.165) is 11.3 Å². The van der Waals surface area contributed by atoms with Crippen molar-refractivity contribution in [2.45, 2.75) is 19.3 Å². The van der Waals surface area contributed by atoms with Gasteiger partial charge >= 0.3 is 0 Å². The maximum Gasteiger partial charge on any atom is 0.232 e. The molecule has 2 heterocycles. The van der Waals surface area contributed by atoms with Crippen LogP contribution in [0.15, 0.2) is 45.4 Å². The molecular formula is C20H17BrFN3O3. The van der Waals surface area contributed by atoms with Crippen molar-refractivity contribution in [1.29, 1.82) is 0 Å². The highest BCUT2D eigenvalue weighted by molar-refractivity contribution is 9.10. The lowest BCUT2D eigenvalue weighted by molar-refractivity contribution is -0.117. The monoisotopic (exact) mass is 445 g/mol. The molecule has 6 nitrogen and oxygen atoms in total. The summed E-state index contributed by atoms with van der Waals surface area (Å²) >= 11 is 3.15. The number of anilines is 1. The lowest BCUT2D eigenvalue weighted by Gasteiger charge is -2.19. The molecule has 1 aromatic heterocycles. The second-order valence-electron chi connectivity index (χ2n) is 6.64. The molecule has 1 aliphatic heterocycles. The number of methoxy groups -OCH3 is 1. The molecule has 1 fully saturated rings. The Labute approximate surface area is 169 Å². The van der Waals surface area contributed by atoms with Gasteiger partial charge in [-0.15, -0.1) is 0 Å². The van der Waals surface area contributed by atoms with Crippen LogP contribution in [0.1, 0.15) is 23.8 Å². The number of aryl methyl sites for hydroxylation is 1. The number of nitrogens with zero attached hydrogens (tertiary/aromatic N) is 3. The Bertz CT molecular complexity index is 1050. The van der Waals surface area contributed by atoms with Gasteiger partial charge in [-0.1, -0.05) is 11.2 Å². The lowest BCUT2D eigenvalue weighted by atomic mass is 10.1. The SMILES string of the molecule is COc1ccc(C)c(N2CC(c3nc(-c4ccc(F)c(Br)c4)no3)CC2=O)c1. The summed E-state index contributed by atoms with van der Waals surface area (Å²) in [6, 6.07) is 10.1. The highest BCUT2D eigenvalue weighted by Gasteiger charge is 2.36. The first-order chi connectivity index (χ1) is 13.5. The summed E-state index contributed by atoms with van der Waals surface area (Å²) in [4.78, 5) is 18.8. The van der Waals surface area contributed by atoms with Gasteiger partial charge in [-0.3, -0.25) is 4.79 Å². The fraction of sp³-hybridized carbons (Fsp3) is 0.250. The topological polar surface area (TPSA) is 68.5 Å². The van der Waals surface area contributed by atoms with Crippen LogP contribution in [-0.2, 0) is 4.79 Å². The number of carbonyl (C=O) groups excluding carboxylic acids is 1. The van der Waals surface area contributed by atoms with E-state index < -0.39 is 0 Å². The van der Waals surface area contributed by atoms with Crippen molar-refractivity contribution in [3.05, 3.63) is 58.1 Å². The smallest absolute Gasteiger partial charge is 0.232 e. The summed E-state index contributed by atoms with van der Waals surface area (Å²) in [5, 5.41) is 3.99. The van der Waals surface area contributed by atoms with E-state index in [4.69, 9.17) is 9.26 Å². The molecule has 1 amide bonds. The van der Waals surface area contributed by atoms with Gasteiger partial charge in [-0.05, 0) is 52.7 Å². The molecule has 144 valence electrons. The van der Waals surface area contributed by atoms with E-state index in [0.29, 0.717) is 34.0 Å². The summed E-state index contributed by atoms with van der Waals surface area (Å²) in [5.41, 5.74) is 2.43. The minimum atomic E-state index is -0.363. The zero-order chi connectivity index (χ0) is 19.8. The van der Waals surface area contributed by atoms with Crippen LogP contribution in [0.2, 0.25) is 0 Å². The highest BCUT2D eigenvalue weighted by atomic mass is 79.9. The number of hydrogen-bond acceptors (Lipinski definition) is 5. The predicted octanol–water partition coefficient (Wildman–Crippen LogP) is 4.48. The fourth-order valence-electron chi connectivity index (χ4n) is 3.27. The Hall–Kier alpha value is -2.74. The van der Waals surface area contributed by atoms with Gasteiger partial charge in [0.25, 0.3) is 0 Å². The third-order valence-corrected chi connectivity index (χ3v) is 5.41. The first kappa shape index (κ1) is 18.6. The maximum absolute atomic E-state index is 13.4. The standard InChI is InChI=1S/C20H17BrFN3O3/c1-11-3-5-14(27-2)9-17(11)25-10-13(8-18(25)26)20-23-19(24-28-20)12-4-6-16(22)15(21)7-12/h3-7,9,13H,8,10H2,1-2H3. The minimum absolute atomic E-state index is 0.00868. The van der Waals surface area contributed by atoms with Crippen LogP contribution < -0.4 is 9.64 Å². The molecule has 1 unspecified atom stereocenters. The quantitative estimate of drug-likeness (QED) is 0.592. The number of rotatable bonds is 4. The zero-order valence-electron chi connectivity index (χ0n) is 15.3. The van der Waals surface area contributed by atoms with Gasteiger partial charge < -0.3 is 14.2 Å². The third-order valence-electron chi connectivity index (χ3n) is 4.80. The van der Waals surface area contributed by atoms with E-state index in [1.165, 1.54) is 6.07 Å². The zero-order valence-corrected chi connectivity index (χ0v) is 16.9. The number of amides is 1. The van der Waals surface area contributed by atoms with Crippen molar-refractivity contribution < 1.29 is 18.4 Å². The predicted molar refractivity (Wildman–Crippen MR) is 105 cm³/mol. The number of halogens is 2. The lowest BCUT2D eigenvalue weighted by Crippen LogP contribution is -2.25. The Kier molecular flexibility index (Phi) is 4.89. The molecule has 0 radical (unpaired) electrons. The summed E-state index contributed by atoms with van der Waals surface area (Å²) in [5.74, 6) is 0.872. The number of aromatic nitrogens is 2. The molecule has 0 aliphatic carbocycles. The molecule has 4 rings (SSSR count). The fourth-order valence-corrected chi connectivity index (χ4v) is 3.65. The second-order valence-corrected chi connectivity index (χ2v) is 7.50. The molecule has 1 atom stereocenters. The van der Waals surface area contributed by atoms with Crippen LogP contribution >= 0.6 is 15.9 Å². The Morgan fingerprint density at radius 1 is 1.29 bits per heavy atom. The molecule has 1 aliphatic rings. The highest BCUT2D eigenvalue weighted by Crippen LogP contribution is 2.35. The summed E-state index contributed by atoms with van der Waals surface area (Å²) in [6.45, 7) is 2.40. The Morgan fingerprint density at radius 3 is 2.86 bits per heavy atom. The molecule has 0 saturated carbocycles. The van der Waals surface area contributed by atoms with Crippen molar-refractivity contribution in [3.63, 3.8) is 0 Å². The molecular weight excluding hydrogens is 429 g/mol. The van der Waals surface area contributed by atoms with Crippen LogP contribution in [0.4, 0.5) is 10.1 Å². The summed E-state index contributed by atoms with van der Waals surface area (Å²) < 4.78 is 24.4. The maximum atomic E-state index is 13.4. The molecule has 3 aromatic rings. The van der Waals surface area contributed by atoms with Gasteiger partial charge in [0.1, 0.15) is 11.6 Å². The van der Waals surface area contributed by atoms with Crippen molar-refractivity contribution in [2.24, 2.45) is 0 Å². The molecule has 0 spiro atoms. The first-order valence-electron chi connectivity index (χ1n) is 8.70. The van der Waals surface area contributed by atoms with Gasteiger partial charge in [-0.2, -0.15) is 4.98 Å². The second kappa shape index (κ2) is 7.35. The van der Waals surface area contributed by atoms with Crippen molar-refractivity contribution in [1.82, 2.24) is 10.1 Å². The van der Waals surface area contributed by atoms with E-state index in [1.54, 1.807) is 24.1 Å². The van der Waals surface area contributed by atoms with E-state index in [9.17, 15) is 9.18 Å². The number of carbonyl (C=O) groups is 1. The molecule has 8 heteroatoms. The Morgan fingerprint density at radius 2 is 2.11 bits per heavy atom. The van der Waals surface area contributed by atoms with Crippen LogP contribution in [0.25, 0.3) is 11.4 Å². The van der Waals surface area contributed by atoms with Crippen molar-refractivity contribution in [3.8, 4) is 17.1 Å². The largest absolute Gasteiger partial charge is 0.497 e. The van der Waals surface area contributed by atoms with Crippen LogP contribution in [0.3, 0.4) is 0 Å². The van der Waals surface area contributed by atoms with Crippen LogP contribution in [0.5, 0.6) is 5.75 Å². The van der Waals surface area contributed by atoms with E-state index in [-0.39, 0.29) is 24.1 Å². The van der Waals surface area contributed by atoms with Gasteiger partial charge in [0, 0.05) is 24.6 Å². The number of hydrogen-bond donors (Lipinski definition) is 0. The van der Waals surface area contributed by atoms with Crippen molar-refractivity contribution >= 4 is 27.5 Å². The van der Waals surface area contributed by atoms with E-state index in [2.05, 4.69) is 26.1 Å². The molecule has 1 saturated heterocycles. The first-order valence-corrected chi connectivity index (χ1v) is 9.49. The van der Waals surface area contributed by atoms with Gasteiger partial charge in [0.2, 0.25) is 17.6 Å². The normalized spacial score (nSPS) is 16.6. The molecule has 0 N–H and O–H groups in total. The van der Waals surface area contributed by atoms with Crippen LogP contribution in [0, 0.1) is 12.7 Å². The van der Waals surface area contributed by atoms with Gasteiger partial charge in [0.15, 0.2) is 0 Å². The van der Waals surface area contributed by atoms with Gasteiger partial charge in [0.05, 0.1) is 23.2 Å². The summed E-state index contributed by atoms with van der Waals surface area (Å²) in [6.07, 6.45) is 0.283. The molecule has 28 heavy (non-hydrogen) atoms. The van der Waals surface area contributed by atoms with Gasteiger partial charge in [-0.25, -0.2) is 4.39 Å². The average Bonchev–Trinajstić information content (AvgIpc) is 3.31. The minimum Gasteiger partial charge on any atom is -0.497 e. The number of benzene rings is 2. The van der Waals surface area contributed by atoms with E-state index >= 15 is 0 Å². The third kappa shape index (κ3) is 3.40. The molecule has 0 bridgehead atoms. The average molecular weight is 446 g/mol. The number of ether oxygens (including phenoxy) is 1. The Balaban J connectivity index is 1.58. The van der Waals surface area contributed by atoms with E-state index in [1.807, 2.05) is 25.1 Å². The molecule has 2 aromatic carbocycles. The van der Waals surface area contributed by atoms with Crippen LogP contribution in [-0.4, -0.2) is 29.7 Å². The summed E-state index contributed by atoms with van der Waals surface area (Å²) in [7, 11) is 1.59. The van der Waals surface area contributed by atoms with Crippen molar-refractivity contribution in [2.75, 3.05) is 18.6 Å².